The molecule has 0 saturated carbocycles. The van der Waals surface area contributed by atoms with Crippen molar-refractivity contribution in [1.29, 1.82) is 5.26 Å². The molecule has 6 nitrogen and oxygen atoms in total. The van der Waals surface area contributed by atoms with Gasteiger partial charge in [0.1, 0.15) is 11.6 Å². The molecule has 0 saturated heterocycles. The molecular weight excluding hydrogens is 326 g/mol. The van der Waals surface area contributed by atoms with Gasteiger partial charge >= 0.3 is 0 Å². The molecule has 0 aliphatic carbocycles. The van der Waals surface area contributed by atoms with Gasteiger partial charge in [0.05, 0.1) is 5.69 Å². The summed E-state index contributed by atoms with van der Waals surface area (Å²) in [6.45, 7) is 0.503. The van der Waals surface area contributed by atoms with Crippen molar-refractivity contribution in [2.75, 3.05) is 12.3 Å². The quantitative estimate of drug-likeness (QED) is 0.597. The van der Waals surface area contributed by atoms with Gasteiger partial charge in [0.25, 0.3) is 5.91 Å². The van der Waals surface area contributed by atoms with Gasteiger partial charge in [-0.2, -0.15) is 10.4 Å². The third kappa shape index (κ3) is 3.90. The number of nitriles is 1. The fourth-order valence-corrected chi connectivity index (χ4v) is 2.71. The number of nitrogen functional groups attached to an aromatic ring is 1. The van der Waals surface area contributed by atoms with Crippen molar-refractivity contribution in [3.05, 3.63) is 71.4 Å². The molecule has 3 aromatic rings. The standard InChI is InChI=1S/C20H19N5O/c21-13-17-18(24-25-19(17)22)7-4-12-23-20(26)16-10-8-15(9-11-16)14-5-2-1-3-6-14/h1-3,5-6,8-11H,4,7,12H2,(H,23,26)(H3,22,24,25). The minimum absolute atomic E-state index is 0.116. The Bertz CT molecular complexity index is 923. The van der Waals surface area contributed by atoms with E-state index in [0.717, 1.165) is 11.1 Å². The molecule has 0 radical (unpaired) electrons. The lowest BCUT2D eigenvalue weighted by atomic mass is 10.0. The summed E-state index contributed by atoms with van der Waals surface area (Å²) in [4.78, 5) is 12.2. The van der Waals surface area contributed by atoms with Gasteiger partial charge in [-0.25, -0.2) is 0 Å². The van der Waals surface area contributed by atoms with Gasteiger partial charge in [-0.3, -0.25) is 9.89 Å². The van der Waals surface area contributed by atoms with Gasteiger partial charge in [0, 0.05) is 12.1 Å². The number of carbonyl (C=O) groups is 1. The summed E-state index contributed by atoms with van der Waals surface area (Å²) in [7, 11) is 0. The van der Waals surface area contributed by atoms with Crippen LogP contribution >= 0.6 is 0 Å². The van der Waals surface area contributed by atoms with Crippen molar-refractivity contribution in [3.8, 4) is 17.2 Å². The summed E-state index contributed by atoms with van der Waals surface area (Å²) in [5.74, 6) is 0.0966. The Balaban J connectivity index is 1.51. The Morgan fingerprint density at radius 1 is 1.12 bits per heavy atom. The van der Waals surface area contributed by atoms with Gasteiger partial charge < -0.3 is 11.1 Å². The molecule has 4 N–H and O–H groups in total. The molecule has 6 heteroatoms. The van der Waals surface area contributed by atoms with E-state index in [-0.39, 0.29) is 11.7 Å². The minimum atomic E-state index is -0.116. The van der Waals surface area contributed by atoms with E-state index in [1.807, 2.05) is 60.7 Å². The van der Waals surface area contributed by atoms with Crippen LogP contribution in [-0.2, 0) is 6.42 Å². The number of H-pyrrole nitrogens is 1. The second-order valence-electron chi connectivity index (χ2n) is 5.88. The first-order chi connectivity index (χ1) is 12.7. The summed E-state index contributed by atoms with van der Waals surface area (Å²) in [6, 6.07) is 19.6. The zero-order chi connectivity index (χ0) is 18.4. The van der Waals surface area contributed by atoms with Crippen molar-refractivity contribution in [1.82, 2.24) is 15.5 Å². The number of hydrogen-bond donors (Lipinski definition) is 3. The molecule has 1 amide bonds. The molecular formula is C20H19N5O. The lowest BCUT2D eigenvalue weighted by Gasteiger charge is -2.06. The number of aromatic amines is 1. The lowest BCUT2D eigenvalue weighted by molar-refractivity contribution is 0.0953. The number of nitrogens with zero attached hydrogens (tertiary/aromatic N) is 2. The first-order valence-corrected chi connectivity index (χ1v) is 8.35. The van der Waals surface area contributed by atoms with E-state index < -0.39 is 0 Å². The van der Waals surface area contributed by atoms with E-state index in [9.17, 15) is 4.79 Å². The molecule has 0 bridgehead atoms. The maximum atomic E-state index is 12.2. The molecule has 3 rings (SSSR count). The molecule has 0 fully saturated rings. The molecule has 130 valence electrons. The van der Waals surface area contributed by atoms with E-state index in [2.05, 4.69) is 15.5 Å². The molecule has 0 aliphatic rings. The number of nitrogens with two attached hydrogens (primary N) is 1. The highest BCUT2D eigenvalue weighted by atomic mass is 16.1. The molecule has 0 atom stereocenters. The predicted molar refractivity (Wildman–Crippen MR) is 100 cm³/mol. The fraction of sp³-hybridized carbons (Fsp3) is 0.150. The Labute approximate surface area is 151 Å². The zero-order valence-corrected chi connectivity index (χ0v) is 14.2. The Morgan fingerprint density at radius 2 is 1.81 bits per heavy atom. The molecule has 2 aromatic carbocycles. The van der Waals surface area contributed by atoms with Gasteiger partial charge in [-0.1, -0.05) is 42.5 Å². The predicted octanol–water partition coefficient (Wildman–Crippen LogP) is 2.89. The summed E-state index contributed by atoms with van der Waals surface area (Å²) >= 11 is 0. The van der Waals surface area contributed by atoms with Crippen LogP contribution in [-0.4, -0.2) is 22.6 Å². The van der Waals surface area contributed by atoms with Gasteiger partial charge in [0.15, 0.2) is 5.82 Å². The van der Waals surface area contributed by atoms with Gasteiger partial charge in [0.2, 0.25) is 0 Å². The molecule has 26 heavy (non-hydrogen) atoms. The molecule has 1 heterocycles. The highest BCUT2D eigenvalue weighted by Gasteiger charge is 2.10. The number of rotatable bonds is 6. The minimum Gasteiger partial charge on any atom is -0.381 e. The Kier molecular flexibility index (Phi) is 5.30. The number of aryl methyl sites for hydroxylation is 1. The second kappa shape index (κ2) is 7.99. The molecule has 0 unspecified atom stereocenters. The van der Waals surface area contributed by atoms with E-state index in [4.69, 9.17) is 11.0 Å². The molecule has 0 aliphatic heterocycles. The smallest absolute Gasteiger partial charge is 0.251 e. The van der Waals surface area contributed by atoms with Crippen LogP contribution in [0, 0.1) is 11.3 Å². The summed E-state index contributed by atoms with van der Waals surface area (Å²) in [6.07, 6.45) is 1.28. The van der Waals surface area contributed by atoms with Crippen molar-refractivity contribution in [2.24, 2.45) is 0 Å². The van der Waals surface area contributed by atoms with Crippen LogP contribution in [0.15, 0.2) is 54.6 Å². The second-order valence-corrected chi connectivity index (χ2v) is 5.88. The van der Waals surface area contributed by atoms with Crippen LogP contribution in [0.4, 0.5) is 5.82 Å². The van der Waals surface area contributed by atoms with Crippen molar-refractivity contribution in [2.45, 2.75) is 12.8 Å². The third-order valence-electron chi connectivity index (χ3n) is 4.12. The van der Waals surface area contributed by atoms with E-state index in [0.29, 0.717) is 36.2 Å². The third-order valence-corrected chi connectivity index (χ3v) is 4.12. The summed E-state index contributed by atoms with van der Waals surface area (Å²) in [5, 5.41) is 18.5. The topological polar surface area (TPSA) is 108 Å². The van der Waals surface area contributed by atoms with Crippen molar-refractivity contribution >= 4 is 11.7 Å². The first kappa shape index (κ1) is 17.2. The number of anilines is 1. The van der Waals surface area contributed by atoms with E-state index in [1.54, 1.807) is 0 Å². The van der Waals surface area contributed by atoms with E-state index in [1.165, 1.54) is 0 Å². The monoisotopic (exact) mass is 345 g/mol. The van der Waals surface area contributed by atoms with Crippen LogP contribution in [0.5, 0.6) is 0 Å². The number of hydrogen-bond acceptors (Lipinski definition) is 4. The Hall–Kier alpha value is -3.59. The number of aromatic nitrogens is 2. The van der Waals surface area contributed by atoms with E-state index >= 15 is 0 Å². The van der Waals surface area contributed by atoms with Crippen molar-refractivity contribution in [3.63, 3.8) is 0 Å². The zero-order valence-electron chi connectivity index (χ0n) is 14.2. The summed E-state index contributed by atoms with van der Waals surface area (Å²) < 4.78 is 0. The average Bonchev–Trinajstić information content (AvgIpc) is 3.05. The Morgan fingerprint density at radius 3 is 2.50 bits per heavy atom. The van der Waals surface area contributed by atoms with Crippen molar-refractivity contribution < 1.29 is 4.79 Å². The highest BCUT2D eigenvalue weighted by Crippen LogP contribution is 2.19. The normalized spacial score (nSPS) is 10.3. The fourth-order valence-electron chi connectivity index (χ4n) is 2.71. The number of amides is 1. The summed E-state index contributed by atoms with van der Waals surface area (Å²) in [5.41, 5.74) is 9.49. The van der Waals surface area contributed by atoms with Crippen LogP contribution < -0.4 is 11.1 Å². The molecule has 1 aromatic heterocycles. The van der Waals surface area contributed by atoms with Crippen LogP contribution in [0.25, 0.3) is 11.1 Å². The van der Waals surface area contributed by atoms with Gasteiger partial charge in [-0.05, 0) is 36.1 Å². The number of nitrogens with one attached hydrogen (secondary N) is 2. The lowest BCUT2D eigenvalue weighted by Crippen LogP contribution is -2.24. The van der Waals surface area contributed by atoms with Gasteiger partial charge in [-0.15, -0.1) is 0 Å². The highest BCUT2D eigenvalue weighted by molar-refractivity contribution is 5.94. The maximum Gasteiger partial charge on any atom is 0.251 e. The van der Waals surface area contributed by atoms with Crippen LogP contribution in [0.1, 0.15) is 28.0 Å². The largest absolute Gasteiger partial charge is 0.381 e. The maximum absolute atomic E-state index is 12.2. The number of benzene rings is 2. The number of carbonyl (C=O) groups excluding carboxylic acids is 1. The first-order valence-electron chi connectivity index (χ1n) is 8.35. The molecule has 0 spiro atoms. The average molecular weight is 345 g/mol. The SMILES string of the molecule is N#Cc1c(N)n[nH]c1CCCNC(=O)c1ccc(-c2ccccc2)cc1. The van der Waals surface area contributed by atoms with Crippen LogP contribution in [0.3, 0.4) is 0 Å². The van der Waals surface area contributed by atoms with Crippen LogP contribution in [0.2, 0.25) is 0 Å².